The van der Waals surface area contributed by atoms with Crippen molar-refractivity contribution < 1.29 is 18.7 Å². The van der Waals surface area contributed by atoms with Gasteiger partial charge in [0.2, 0.25) is 5.89 Å². The molecule has 100 valence electrons. The third-order valence-corrected chi connectivity index (χ3v) is 3.50. The number of carboxylic acid groups (broad SMARTS) is 1. The van der Waals surface area contributed by atoms with Gasteiger partial charge in [-0.1, -0.05) is 6.07 Å². The van der Waals surface area contributed by atoms with Crippen molar-refractivity contribution in [3.05, 3.63) is 52.3 Å². The average molecular weight is 336 g/mol. The Kier molecular flexibility index (Phi) is 3.02. The van der Waals surface area contributed by atoms with Crippen molar-refractivity contribution in [2.45, 2.75) is 0 Å². The maximum Gasteiger partial charge on any atom is 0.339 e. The average Bonchev–Trinajstić information content (AvgIpc) is 2.84. The Labute approximate surface area is 121 Å². The number of para-hydroxylation sites is 1. The lowest BCUT2D eigenvalue weighted by Crippen LogP contribution is -1.95. The molecule has 3 aromatic rings. The lowest BCUT2D eigenvalue weighted by molar-refractivity contribution is 0.0698. The second-order valence-corrected chi connectivity index (χ2v) is 4.96. The summed E-state index contributed by atoms with van der Waals surface area (Å²) in [6, 6.07) is 8.77. The molecule has 0 amide bonds. The van der Waals surface area contributed by atoms with Gasteiger partial charge in [0, 0.05) is 4.47 Å². The zero-order valence-corrected chi connectivity index (χ0v) is 11.5. The predicted molar refractivity (Wildman–Crippen MR) is 74.1 cm³/mol. The van der Waals surface area contributed by atoms with Crippen LogP contribution in [0.4, 0.5) is 4.39 Å². The van der Waals surface area contributed by atoms with E-state index in [0.29, 0.717) is 15.6 Å². The van der Waals surface area contributed by atoms with E-state index >= 15 is 0 Å². The maximum atomic E-state index is 13.3. The number of carboxylic acids is 1. The van der Waals surface area contributed by atoms with Gasteiger partial charge in [-0.25, -0.2) is 14.2 Å². The molecule has 0 bridgehead atoms. The van der Waals surface area contributed by atoms with Gasteiger partial charge in [-0.2, -0.15) is 0 Å². The van der Waals surface area contributed by atoms with Crippen LogP contribution in [0.25, 0.3) is 22.6 Å². The molecule has 0 atom stereocenters. The summed E-state index contributed by atoms with van der Waals surface area (Å²) in [6.45, 7) is 0. The Balaban J connectivity index is 2.26. The SMILES string of the molecule is O=C(O)c1cccc2nc(-c3cc(F)ccc3Br)oc12. The fourth-order valence-corrected chi connectivity index (χ4v) is 2.31. The van der Waals surface area contributed by atoms with Crippen LogP contribution in [-0.2, 0) is 0 Å². The van der Waals surface area contributed by atoms with Gasteiger partial charge in [-0.3, -0.25) is 0 Å². The van der Waals surface area contributed by atoms with Crippen molar-refractivity contribution in [1.82, 2.24) is 4.98 Å². The second-order valence-electron chi connectivity index (χ2n) is 4.10. The predicted octanol–water partition coefficient (Wildman–Crippen LogP) is 4.09. The van der Waals surface area contributed by atoms with E-state index in [0.717, 1.165) is 0 Å². The van der Waals surface area contributed by atoms with Gasteiger partial charge in [0.05, 0.1) is 5.56 Å². The summed E-state index contributed by atoms with van der Waals surface area (Å²) in [5.74, 6) is -1.36. The van der Waals surface area contributed by atoms with E-state index in [1.54, 1.807) is 12.1 Å². The van der Waals surface area contributed by atoms with Crippen LogP contribution in [0.1, 0.15) is 10.4 Å². The first-order valence-electron chi connectivity index (χ1n) is 5.64. The summed E-state index contributed by atoms with van der Waals surface area (Å²) in [5.41, 5.74) is 1.04. The molecule has 1 aromatic heterocycles. The monoisotopic (exact) mass is 335 g/mol. The Morgan fingerprint density at radius 2 is 2.10 bits per heavy atom. The highest BCUT2D eigenvalue weighted by atomic mass is 79.9. The van der Waals surface area contributed by atoms with Crippen LogP contribution in [0.3, 0.4) is 0 Å². The minimum absolute atomic E-state index is 0.0220. The molecular weight excluding hydrogens is 329 g/mol. The third-order valence-electron chi connectivity index (χ3n) is 2.80. The Bertz CT molecular complexity index is 828. The van der Waals surface area contributed by atoms with E-state index in [-0.39, 0.29) is 17.0 Å². The van der Waals surface area contributed by atoms with Crippen molar-refractivity contribution >= 4 is 33.0 Å². The zero-order valence-electron chi connectivity index (χ0n) is 9.93. The number of aromatic nitrogens is 1. The molecule has 1 heterocycles. The van der Waals surface area contributed by atoms with Crippen molar-refractivity contribution in [3.63, 3.8) is 0 Å². The van der Waals surface area contributed by atoms with Crippen LogP contribution >= 0.6 is 15.9 Å². The summed E-state index contributed by atoms with van der Waals surface area (Å²) in [6.07, 6.45) is 0. The minimum Gasteiger partial charge on any atom is -0.478 e. The lowest BCUT2D eigenvalue weighted by atomic mass is 10.2. The highest BCUT2D eigenvalue weighted by Crippen LogP contribution is 2.31. The summed E-state index contributed by atoms with van der Waals surface area (Å²) in [5, 5.41) is 9.10. The van der Waals surface area contributed by atoms with Gasteiger partial charge >= 0.3 is 5.97 Å². The molecular formula is C14H7BrFNO3. The van der Waals surface area contributed by atoms with Crippen LogP contribution in [-0.4, -0.2) is 16.1 Å². The highest BCUT2D eigenvalue weighted by molar-refractivity contribution is 9.10. The molecule has 4 nitrogen and oxygen atoms in total. The van der Waals surface area contributed by atoms with Gasteiger partial charge in [-0.05, 0) is 46.3 Å². The number of hydrogen-bond donors (Lipinski definition) is 1. The molecule has 2 aromatic carbocycles. The fourth-order valence-electron chi connectivity index (χ4n) is 1.89. The first-order valence-corrected chi connectivity index (χ1v) is 6.44. The van der Waals surface area contributed by atoms with Crippen LogP contribution in [0.15, 0.2) is 45.3 Å². The Morgan fingerprint density at radius 3 is 2.85 bits per heavy atom. The molecule has 0 aliphatic heterocycles. The lowest BCUT2D eigenvalue weighted by Gasteiger charge is -1.99. The summed E-state index contributed by atoms with van der Waals surface area (Å²) in [4.78, 5) is 15.3. The maximum absolute atomic E-state index is 13.3. The highest BCUT2D eigenvalue weighted by Gasteiger charge is 2.17. The van der Waals surface area contributed by atoms with Crippen molar-refractivity contribution in [3.8, 4) is 11.5 Å². The molecule has 6 heteroatoms. The summed E-state index contributed by atoms with van der Waals surface area (Å²) < 4.78 is 19.4. The molecule has 1 N–H and O–H groups in total. The van der Waals surface area contributed by atoms with E-state index in [4.69, 9.17) is 9.52 Å². The quantitative estimate of drug-likeness (QED) is 0.765. The summed E-state index contributed by atoms with van der Waals surface area (Å²) >= 11 is 3.29. The largest absolute Gasteiger partial charge is 0.478 e. The molecule has 0 fully saturated rings. The number of oxazole rings is 1. The van der Waals surface area contributed by atoms with E-state index in [1.807, 2.05) is 0 Å². The van der Waals surface area contributed by atoms with Crippen LogP contribution in [0, 0.1) is 5.82 Å². The molecule has 0 spiro atoms. The van der Waals surface area contributed by atoms with E-state index in [9.17, 15) is 9.18 Å². The molecule has 0 aliphatic carbocycles. The van der Waals surface area contributed by atoms with E-state index in [2.05, 4.69) is 20.9 Å². The number of halogens is 2. The fraction of sp³-hybridized carbons (Fsp3) is 0. The van der Waals surface area contributed by atoms with Gasteiger partial charge in [0.1, 0.15) is 16.9 Å². The Morgan fingerprint density at radius 1 is 1.30 bits per heavy atom. The number of hydrogen-bond acceptors (Lipinski definition) is 3. The zero-order chi connectivity index (χ0) is 14.3. The first-order chi connectivity index (χ1) is 9.56. The van der Waals surface area contributed by atoms with Crippen molar-refractivity contribution in [2.24, 2.45) is 0 Å². The smallest absolute Gasteiger partial charge is 0.339 e. The van der Waals surface area contributed by atoms with E-state index < -0.39 is 11.8 Å². The number of benzene rings is 2. The summed E-state index contributed by atoms with van der Waals surface area (Å²) in [7, 11) is 0. The Hall–Kier alpha value is -2.21. The van der Waals surface area contributed by atoms with Gasteiger partial charge in [0.25, 0.3) is 0 Å². The standard InChI is InChI=1S/C14H7BrFNO3/c15-10-5-4-7(16)6-9(10)13-17-11-3-1-2-8(14(18)19)12(11)20-13/h1-6H,(H,18,19). The molecule has 0 unspecified atom stereocenters. The molecule has 0 radical (unpaired) electrons. The first kappa shape index (κ1) is 12.8. The third kappa shape index (κ3) is 2.08. The topological polar surface area (TPSA) is 63.3 Å². The number of aromatic carboxylic acids is 1. The van der Waals surface area contributed by atoms with Crippen molar-refractivity contribution in [2.75, 3.05) is 0 Å². The van der Waals surface area contributed by atoms with Gasteiger partial charge in [0.15, 0.2) is 5.58 Å². The van der Waals surface area contributed by atoms with Crippen LogP contribution in [0.5, 0.6) is 0 Å². The van der Waals surface area contributed by atoms with E-state index in [1.165, 1.54) is 24.3 Å². The normalized spacial score (nSPS) is 10.9. The molecule has 0 aliphatic rings. The van der Waals surface area contributed by atoms with Crippen LogP contribution < -0.4 is 0 Å². The van der Waals surface area contributed by atoms with Crippen molar-refractivity contribution in [1.29, 1.82) is 0 Å². The number of nitrogens with zero attached hydrogens (tertiary/aromatic N) is 1. The van der Waals surface area contributed by atoms with Gasteiger partial charge < -0.3 is 9.52 Å². The molecule has 0 saturated heterocycles. The molecule has 0 saturated carbocycles. The van der Waals surface area contributed by atoms with Gasteiger partial charge in [-0.15, -0.1) is 0 Å². The number of rotatable bonds is 2. The minimum atomic E-state index is -1.10. The number of fused-ring (bicyclic) bond motifs is 1. The number of carbonyl (C=O) groups is 1. The molecule has 20 heavy (non-hydrogen) atoms. The molecule has 3 rings (SSSR count). The van der Waals surface area contributed by atoms with Crippen LogP contribution in [0.2, 0.25) is 0 Å². The second kappa shape index (κ2) is 4.72.